The summed E-state index contributed by atoms with van der Waals surface area (Å²) in [6.07, 6.45) is 3.75. The zero-order valence-electron chi connectivity index (χ0n) is 10.1. The lowest BCUT2D eigenvalue weighted by Gasteiger charge is -2.14. The number of hydrogen-bond acceptors (Lipinski definition) is 2. The minimum Gasteiger partial charge on any atom is -0.308 e. The molecule has 18 heavy (non-hydrogen) atoms. The highest BCUT2D eigenvalue weighted by molar-refractivity contribution is 9.10. The van der Waals surface area contributed by atoms with E-state index in [-0.39, 0.29) is 0 Å². The topological polar surface area (TPSA) is 29.9 Å². The van der Waals surface area contributed by atoms with Crippen LogP contribution < -0.4 is 5.32 Å². The van der Waals surface area contributed by atoms with Crippen molar-refractivity contribution in [1.82, 2.24) is 15.1 Å². The Morgan fingerprint density at radius 3 is 3.00 bits per heavy atom. The molecule has 1 heterocycles. The Hall–Kier alpha value is -0.840. The Kier molecular flexibility index (Phi) is 4.80. The normalized spacial score (nSPS) is 12.6. The molecule has 0 saturated heterocycles. The Morgan fingerprint density at radius 1 is 1.50 bits per heavy atom. The maximum atomic E-state index is 6.17. The maximum Gasteiger partial charge on any atom is 0.0560 e. The highest BCUT2D eigenvalue weighted by Crippen LogP contribution is 2.21. The van der Waals surface area contributed by atoms with E-state index in [0.717, 1.165) is 28.1 Å². The zero-order chi connectivity index (χ0) is 13.0. The molecule has 1 aromatic carbocycles. The summed E-state index contributed by atoms with van der Waals surface area (Å²) in [5, 5.41) is 8.40. The van der Waals surface area contributed by atoms with Gasteiger partial charge in [0.15, 0.2) is 0 Å². The molecule has 3 nitrogen and oxygen atoms in total. The molecule has 0 bridgehead atoms. The van der Waals surface area contributed by atoms with Crippen LogP contribution in [0.4, 0.5) is 0 Å². The molecule has 5 heteroatoms. The average molecular weight is 329 g/mol. The van der Waals surface area contributed by atoms with Crippen LogP contribution in [0.3, 0.4) is 0 Å². The Labute approximate surface area is 120 Å². The summed E-state index contributed by atoms with van der Waals surface area (Å²) >= 11 is 9.57. The van der Waals surface area contributed by atoms with Crippen LogP contribution in [0, 0.1) is 0 Å². The Balaban J connectivity index is 1.87. The van der Waals surface area contributed by atoms with Gasteiger partial charge in [0.1, 0.15) is 0 Å². The molecule has 1 aromatic heterocycles. The summed E-state index contributed by atoms with van der Waals surface area (Å²) in [6.45, 7) is 3.74. The zero-order valence-corrected chi connectivity index (χ0v) is 12.4. The fourth-order valence-corrected chi connectivity index (χ4v) is 2.44. The van der Waals surface area contributed by atoms with Crippen molar-refractivity contribution in [2.45, 2.75) is 26.1 Å². The van der Waals surface area contributed by atoms with Gasteiger partial charge in [0.25, 0.3) is 0 Å². The summed E-state index contributed by atoms with van der Waals surface area (Å²) in [4.78, 5) is 0. The molecule has 0 aliphatic carbocycles. The van der Waals surface area contributed by atoms with Crippen LogP contribution in [0.1, 0.15) is 12.5 Å². The van der Waals surface area contributed by atoms with Crippen molar-refractivity contribution in [3.8, 4) is 0 Å². The number of hydrogen-bond donors (Lipinski definition) is 1. The monoisotopic (exact) mass is 327 g/mol. The summed E-state index contributed by atoms with van der Waals surface area (Å²) < 4.78 is 2.92. The molecule has 2 rings (SSSR count). The highest BCUT2D eigenvalue weighted by Gasteiger charge is 2.05. The van der Waals surface area contributed by atoms with E-state index >= 15 is 0 Å². The average Bonchev–Trinajstić information content (AvgIpc) is 2.80. The first-order valence-electron chi connectivity index (χ1n) is 5.80. The number of benzene rings is 1. The molecule has 0 spiro atoms. The number of aromatic nitrogens is 2. The third kappa shape index (κ3) is 3.83. The molecule has 0 aliphatic rings. The highest BCUT2D eigenvalue weighted by atomic mass is 79.9. The largest absolute Gasteiger partial charge is 0.308 e. The third-order valence-corrected chi connectivity index (χ3v) is 3.52. The second-order valence-corrected chi connectivity index (χ2v) is 5.57. The van der Waals surface area contributed by atoms with Crippen LogP contribution in [0.5, 0.6) is 0 Å². The summed E-state index contributed by atoms with van der Waals surface area (Å²) in [6, 6.07) is 8.21. The minimum atomic E-state index is 0.338. The van der Waals surface area contributed by atoms with Gasteiger partial charge in [-0.05, 0) is 30.7 Å². The summed E-state index contributed by atoms with van der Waals surface area (Å²) in [5.41, 5.74) is 1.10. The van der Waals surface area contributed by atoms with E-state index in [1.54, 1.807) is 6.20 Å². The van der Waals surface area contributed by atoms with Crippen molar-refractivity contribution in [1.29, 1.82) is 0 Å². The van der Waals surface area contributed by atoms with Crippen molar-refractivity contribution < 1.29 is 0 Å². The van der Waals surface area contributed by atoms with Crippen LogP contribution in [0.25, 0.3) is 0 Å². The molecule has 0 fully saturated rings. The molecule has 0 saturated carbocycles. The number of halogens is 2. The first-order valence-corrected chi connectivity index (χ1v) is 6.97. The molecule has 1 unspecified atom stereocenters. The fourth-order valence-electron chi connectivity index (χ4n) is 1.70. The summed E-state index contributed by atoms with van der Waals surface area (Å²) in [5.74, 6) is 0. The lowest BCUT2D eigenvalue weighted by molar-refractivity contribution is 0.451. The Morgan fingerprint density at radius 2 is 2.33 bits per heavy atom. The Bertz CT molecular complexity index is 499. The molecule has 0 amide bonds. The van der Waals surface area contributed by atoms with Gasteiger partial charge in [-0.15, -0.1) is 0 Å². The quantitative estimate of drug-likeness (QED) is 0.910. The molecule has 2 aromatic rings. The van der Waals surface area contributed by atoms with Crippen molar-refractivity contribution in [3.05, 3.63) is 51.7 Å². The van der Waals surface area contributed by atoms with Gasteiger partial charge in [0.05, 0.1) is 6.54 Å². The van der Waals surface area contributed by atoms with Crippen LogP contribution in [0.2, 0.25) is 5.02 Å². The predicted molar refractivity (Wildman–Crippen MR) is 77.7 cm³/mol. The van der Waals surface area contributed by atoms with Gasteiger partial charge in [-0.3, -0.25) is 4.68 Å². The number of nitrogens with zero attached hydrogens (tertiary/aromatic N) is 2. The van der Waals surface area contributed by atoms with E-state index in [2.05, 4.69) is 33.3 Å². The lowest BCUT2D eigenvalue weighted by Crippen LogP contribution is -2.30. The lowest BCUT2D eigenvalue weighted by atomic mass is 10.2. The van der Waals surface area contributed by atoms with E-state index < -0.39 is 0 Å². The van der Waals surface area contributed by atoms with E-state index in [1.165, 1.54) is 0 Å². The van der Waals surface area contributed by atoms with E-state index in [9.17, 15) is 0 Å². The van der Waals surface area contributed by atoms with E-state index in [1.807, 2.05) is 35.1 Å². The van der Waals surface area contributed by atoms with Crippen molar-refractivity contribution in [2.75, 3.05) is 0 Å². The second-order valence-electron chi connectivity index (χ2n) is 4.25. The van der Waals surface area contributed by atoms with Gasteiger partial charge < -0.3 is 5.32 Å². The van der Waals surface area contributed by atoms with Crippen molar-refractivity contribution in [3.63, 3.8) is 0 Å². The molecule has 0 aliphatic heterocycles. The van der Waals surface area contributed by atoms with Crippen LogP contribution in [-0.2, 0) is 13.1 Å². The third-order valence-electron chi connectivity index (χ3n) is 2.68. The van der Waals surface area contributed by atoms with Crippen molar-refractivity contribution in [2.24, 2.45) is 0 Å². The molecular formula is C13H15BrClN3. The second kappa shape index (κ2) is 6.36. The smallest absolute Gasteiger partial charge is 0.0560 e. The van der Waals surface area contributed by atoms with Crippen LogP contribution in [0.15, 0.2) is 41.1 Å². The van der Waals surface area contributed by atoms with Crippen molar-refractivity contribution >= 4 is 27.5 Å². The van der Waals surface area contributed by atoms with Gasteiger partial charge >= 0.3 is 0 Å². The number of rotatable bonds is 5. The SMILES string of the molecule is CC(Cn1cccn1)NCc1ccc(Br)cc1Cl. The van der Waals surface area contributed by atoms with Gasteiger partial charge in [-0.2, -0.15) is 5.10 Å². The van der Waals surface area contributed by atoms with E-state index in [0.29, 0.717) is 6.04 Å². The molecule has 0 radical (unpaired) electrons. The maximum absolute atomic E-state index is 6.17. The van der Waals surface area contributed by atoms with Gasteiger partial charge in [0.2, 0.25) is 0 Å². The molecule has 1 atom stereocenters. The molecule has 1 N–H and O–H groups in total. The minimum absolute atomic E-state index is 0.338. The van der Waals surface area contributed by atoms with E-state index in [4.69, 9.17) is 11.6 Å². The standard InChI is InChI=1S/C13H15BrClN3/c1-10(9-18-6-2-5-17-18)16-8-11-3-4-12(14)7-13(11)15/h2-7,10,16H,8-9H2,1H3. The summed E-state index contributed by atoms with van der Waals surface area (Å²) in [7, 11) is 0. The number of nitrogens with one attached hydrogen (secondary N) is 1. The van der Waals surface area contributed by atoms with Crippen LogP contribution in [-0.4, -0.2) is 15.8 Å². The first kappa shape index (κ1) is 13.6. The predicted octanol–water partition coefficient (Wildman–Crippen LogP) is 3.48. The molecule has 96 valence electrons. The first-order chi connectivity index (χ1) is 8.65. The van der Waals surface area contributed by atoms with Gasteiger partial charge in [0, 0.05) is 34.5 Å². The molecular weight excluding hydrogens is 314 g/mol. The van der Waals surface area contributed by atoms with Gasteiger partial charge in [-0.1, -0.05) is 33.6 Å². The van der Waals surface area contributed by atoms with Gasteiger partial charge in [-0.25, -0.2) is 0 Å². The fraction of sp³-hybridized carbons (Fsp3) is 0.308. The van der Waals surface area contributed by atoms with Crippen LogP contribution >= 0.6 is 27.5 Å².